The lowest BCUT2D eigenvalue weighted by Crippen LogP contribution is -2.02. The zero-order valence-electron chi connectivity index (χ0n) is 6.33. The molecule has 5 heteroatoms. The topological polar surface area (TPSA) is 57.9 Å². The second-order valence-corrected chi connectivity index (χ2v) is 2.16. The number of carbonyl (C=O) groups is 1. The highest BCUT2D eigenvalue weighted by atomic mass is 16.7. The van der Waals surface area contributed by atoms with Crippen molar-refractivity contribution < 1.29 is 23.4 Å². The van der Waals surface area contributed by atoms with Gasteiger partial charge in [-0.3, -0.25) is 0 Å². The van der Waals surface area contributed by atoms with Crippen molar-refractivity contribution in [3.05, 3.63) is 12.0 Å². The summed E-state index contributed by atoms with van der Waals surface area (Å²) in [6.45, 7) is 0.116. The van der Waals surface area contributed by atoms with Gasteiger partial charge >= 0.3 is 5.97 Å². The summed E-state index contributed by atoms with van der Waals surface area (Å²) in [5.74, 6) is 0.240. The molecule has 0 aromatic carbocycles. The van der Waals surface area contributed by atoms with Crippen LogP contribution >= 0.6 is 0 Å². The molecule has 0 atom stereocenters. The van der Waals surface area contributed by atoms with Crippen LogP contribution in [0.15, 0.2) is 10.7 Å². The Morgan fingerprint density at radius 3 is 3.17 bits per heavy atom. The first-order valence-electron chi connectivity index (χ1n) is 3.28. The number of furan rings is 1. The molecule has 2 rings (SSSR count). The van der Waals surface area contributed by atoms with Crippen LogP contribution < -0.4 is 9.47 Å². The zero-order chi connectivity index (χ0) is 8.55. The van der Waals surface area contributed by atoms with Gasteiger partial charge in [-0.05, 0) is 0 Å². The minimum atomic E-state index is -0.568. The molecule has 0 unspecified atom stereocenters. The molecule has 0 radical (unpaired) electrons. The van der Waals surface area contributed by atoms with Crippen molar-refractivity contribution in [1.29, 1.82) is 0 Å². The first-order valence-corrected chi connectivity index (χ1v) is 3.28. The van der Waals surface area contributed by atoms with E-state index in [1.165, 1.54) is 13.4 Å². The monoisotopic (exact) mass is 170 g/mol. The van der Waals surface area contributed by atoms with Crippen molar-refractivity contribution in [1.82, 2.24) is 0 Å². The lowest BCUT2D eigenvalue weighted by atomic mass is 10.4. The third-order valence-electron chi connectivity index (χ3n) is 1.50. The molecule has 0 bridgehead atoms. The minimum Gasteiger partial charge on any atom is -0.463 e. The van der Waals surface area contributed by atoms with Crippen LogP contribution in [-0.2, 0) is 4.74 Å². The highest BCUT2D eigenvalue weighted by Gasteiger charge is 2.27. The molecule has 1 aromatic rings. The van der Waals surface area contributed by atoms with E-state index in [9.17, 15) is 4.79 Å². The maximum absolute atomic E-state index is 11.0. The Kier molecular flexibility index (Phi) is 1.43. The molecule has 0 saturated heterocycles. The van der Waals surface area contributed by atoms with Gasteiger partial charge in [0.05, 0.1) is 7.11 Å². The molecule has 0 amide bonds. The molecule has 2 heterocycles. The van der Waals surface area contributed by atoms with Gasteiger partial charge in [0.2, 0.25) is 18.3 Å². The van der Waals surface area contributed by atoms with E-state index in [0.717, 1.165) is 0 Å². The number of ether oxygens (including phenoxy) is 3. The predicted molar refractivity (Wildman–Crippen MR) is 36.2 cm³/mol. The van der Waals surface area contributed by atoms with Crippen LogP contribution in [0.1, 0.15) is 10.6 Å². The minimum absolute atomic E-state index is 0.0463. The summed E-state index contributed by atoms with van der Waals surface area (Å²) in [6, 6.07) is 0. The summed E-state index contributed by atoms with van der Waals surface area (Å²) in [6.07, 6.45) is 1.31. The lowest BCUT2D eigenvalue weighted by molar-refractivity contribution is 0.0554. The Bertz CT molecular complexity index is 314. The van der Waals surface area contributed by atoms with Crippen molar-refractivity contribution in [3.63, 3.8) is 0 Å². The maximum Gasteiger partial charge on any atom is 0.378 e. The van der Waals surface area contributed by atoms with E-state index in [1.807, 2.05) is 0 Å². The number of rotatable bonds is 1. The normalized spacial score (nSPS) is 13.1. The van der Waals surface area contributed by atoms with E-state index in [4.69, 9.17) is 13.9 Å². The molecule has 1 aromatic heterocycles. The molecule has 0 aliphatic carbocycles. The van der Waals surface area contributed by atoms with Gasteiger partial charge in [-0.1, -0.05) is 0 Å². The standard InChI is InChI=1S/C7H6O5/c1-9-7(8)6-5-4(2-10-6)11-3-12-5/h2H,3H2,1H3. The molecule has 0 N–H and O–H groups in total. The summed E-state index contributed by atoms with van der Waals surface area (Å²) in [5, 5.41) is 0. The average Bonchev–Trinajstić information content (AvgIpc) is 2.62. The molecule has 1 aliphatic rings. The highest BCUT2D eigenvalue weighted by Crippen LogP contribution is 2.37. The Hall–Kier alpha value is -1.65. The predicted octanol–water partition coefficient (Wildman–Crippen LogP) is 0.795. The number of hydrogen-bond acceptors (Lipinski definition) is 5. The van der Waals surface area contributed by atoms with E-state index < -0.39 is 5.97 Å². The highest BCUT2D eigenvalue weighted by molar-refractivity contribution is 5.90. The van der Waals surface area contributed by atoms with Gasteiger partial charge in [0, 0.05) is 0 Å². The Balaban J connectivity index is 2.39. The number of methoxy groups -OCH3 is 1. The summed E-state index contributed by atoms with van der Waals surface area (Å²) in [4.78, 5) is 11.0. The van der Waals surface area contributed by atoms with Gasteiger partial charge in [-0.2, -0.15) is 0 Å². The number of fused-ring (bicyclic) bond motifs is 1. The van der Waals surface area contributed by atoms with Crippen molar-refractivity contribution in [3.8, 4) is 11.5 Å². The van der Waals surface area contributed by atoms with Crippen LogP contribution in [0.3, 0.4) is 0 Å². The van der Waals surface area contributed by atoms with Crippen LogP contribution in [0.4, 0.5) is 0 Å². The Morgan fingerprint density at radius 1 is 1.58 bits per heavy atom. The van der Waals surface area contributed by atoms with Crippen molar-refractivity contribution in [2.24, 2.45) is 0 Å². The summed E-state index contributed by atoms with van der Waals surface area (Å²) in [7, 11) is 1.27. The molecule has 64 valence electrons. The first kappa shape index (κ1) is 7.02. The van der Waals surface area contributed by atoms with E-state index >= 15 is 0 Å². The number of esters is 1. The second-order valence-electron chi connectivity index (χ2n) is 2.16. The van der Waals surface area contributed by atoms with Crippen molar-refractivity contribution >= 4 is 5.97 Å². The van der Waals surface area contributed by atoms with Gasteiger partial charge in [-0.25, -0.2) is 4.79 Å². The van der Waals surface area contributed by atoms with E-state index in [2.05, 4.69) is 4.74 Å². The third kappa shape index (κ3) is 0.827. The fourth-order valence-electron chi connectivity index (χ4n) is 0.953. The quantitative estimate of drug-likeness (QED) is 0.583. The summed E-state index contributed by atoms with van der Waals surface area (Å²) in [5.41, 5.74) is 0. The van der Waals surface area contributed by atoms with Crippen LogP contribution in [0.5, 0.6) is 11.5 Å². The molecular weight excluding hydrogens is 164 g/mol. The van der Waals surface area contributed by atoms with E-state index in [-0.39, 0.29) is 12.6 Å². The summed E-state index contributed by atoms with van der Waals surface area (Å²) < 4.78 is 19.2. The maximum atomic E-state index is 11.0. The molecule has 0 saturated carbocycles. The molecule has 0 fully saturated rings. The molecular formula is C7H6O5. The lowest BCUT2D eigenvalue weighted by Gasteiger charge is -1.95. The van der Waals surface area contributed by atoms with Crippen LogP contribution in [0, 0.1) is 0 Å². The fourth-order valence-corrected chi connectivity index (χ4v) is 0.953. The smallest absolute Gasteiger partial charge is 0.378 e. The Labute approximate surface area is 67.8 Å². The van der Waals surface area contributed by atoms with Gasteiger partial charge in [0.1, 0.15) is 6.26 Å². The van der Waals surface area contributed by atoms with E-state index in [1.54, 1.807) is 0 Å². The molecule has 0 spiro atoms. The van der Waals surface area contributed by atoms with Crippen molar-refractivity contribution in [2.75, 3.05) is 13.9 Å². The third-order valence-corrected chi connectivity index (χ3v) is 1.50. The zero-order valence-corrected chi connectivity index (χ0v) is 6.33. The second kappa shape index (κ2) is 2.44. The number of carbonyl (C=O) groups excluding carboxylic acids is 1. The molecule has 1 aliphatic heterocycles. The first-order chi connectivity index (χ1) is 5.83. The van der Waals surface area contributed by atoms with E-state index in [0.29, 0.717) is 11.5 Å². The number of hydrogen-bond donors (Lipinski definition) is 0. The van der Waals surface area contributed by atoms with Crippen molar-refractivity contribution in [2.45, 2.75) is 0 Å². The largest absolute Gasteiger partial charge is 0.463 e. The van der Waals surface area contributed by atoms with Gasteiger partial charge in [0.15, 0.2) is 0 Å². The van der Waals surface area contributed by atoms with Gasteiger partial charge < -0.3 is 18.6 Å². The Morgan fingerprint density at radius 2 is 2.42 bits per heavy atom. The van der Waals surface area contributed by atoms with Crippen LogP contribution in [0.2, 0.25) is 0 Å². The van der Waals surface area contributed by atoms with Gasteiger partial charge in [0.25, 0.3) is 5.76 Å². The van der Waals surface area contributed by atoms with Crippen LogP contribution in [-0.4, -0.2) is 19.9 Å². The molecule has 5 nitrogen and oxygen atoms in total. The van der Waals surface area contributed by atoms with Crippen LogP contribution in [0.25, 0.3) is 0 Å². The average molecular weight is 170 g/mol. The fraction of sp³-hybridized carbons (Fsp3) is 0.286. The molecule has 12 heavy (non-hydrogen) atoms. The van der Waals surface area contributed by atoms with Gasteiger partial charge in [-0.15, -0.1) is 0 Å². The SMILES string of the molecule is COC(=O)c1occ2c1OCO2. The summed E-state index contributed by atoms with van der Waals surface area (Å²) >= 11 is 0.